The van der Waals surface area contributed by atoms with Gasteiger partial charge in [0.2, 0.25) is 0 Å². The highest BCUT2D eigenvalue weighted by Crippen LogP contribution is 1.94. The van der Waals surface area contributed by atoms with Gasteiger partial charge in [0.1, 0.15) is 0 Å². The molecule has 4 nitrogen and oxygen atoms in total. The summed E-state index contributed by atoms with van der Waals surface area (Å²) in [7, 11) is 0. The monoisotopic (exact) mass is 157 g/mol. The second-order valence-electron chi connectivity index (χ2n) is 2.75. The number of rotatable bonds is 3. The van der Waals surface area contributed by atoms with Crippen LogP contribution in [0.2, 0.25) is 0 Å². The molecule has 1 fully saturated rings. The van der Waals surface area contributed by atoms with Crippen LogP contribution in [0.5, 0.6) is 0 Å². The Bertz CT molecular complexity index is 128. The van der Waals surface area contributed by atoms with Crippen molar-refractivity contribution in [2.45, 2.75) is 19.8 Å². The Morgan fingerprint density at radius 3 is 2.64 bits per heavy atom. The number of urea groups is 1. The lowest BCUT2D eigenvalue weighted by Gasteiger charge is -2.27. The summed E-state index contributed by atoms with van der Waals surface area (Å²) in [6.45, 7) is 4.59. The average Bonchev–Trinajstić information content (AvgIpc) is 2.04. The zero-order valence-corrected chi connectivity index (χ0v) is 6.89. The molecule has 0 spiro atoms. The van der Waals surface area contributed by atoms with Gasteiger partial charge >= 0.3 is 6.03 Å². The molecular formula is C7H15N3O. The first-order valence-corrected chi connectivity index (χ1v) is 4.07. The second kappa shape index (κ2) is 4.18. The van der Waals surface area contributed by atoms with E-state index in [1.807, 2.05) is 0 Å². The third-order valence-corrected chi connectivity index (χ3v) is 1.75. The van der Waals surface area contributed by atoms with Crippen molar-refractivity contribution in [3.05, 3.63) is 0 Å². The van der Waals surface area contributed by atoms with Gasteiger partial charge < -0.3 is 10.6 Å². The van der Waals surface area contributed by atoms with E-state index in [0.717, 1.165) is 6.54 Å². The fourth-order valence-electron chi connectivity index (χ4n) is 1.03. The van der Waals surface area contributed by atoms with Crippen LogP contribution in [0.3, 0.4) is 0 Å². The SMILES string of the molecule is CCCCN1CNC(=O)NC1. The number of hydrogen-bond acceptors (Lipinski definition) is 2. The van der Waals surface area contributed by atoms with Crippen molar-refractivity contribution >= 4 is 6.03 Å². The van der Waals surface area contributed by atoms with Crippen LogP contribution < -0.4 is 10.6 Å². The molecule has 4 heteroatoms. The van der Waals surface area contributed by atoms with Gasteiger partial charge in [-0.25, -0.2) is 4.79 Å². The quantitative estimate of drug-likeness (QED) is 0.619. The molecule has 1 aliphatic heterocycles. The number of nitrogens with one attached hydrogen (secondary N) is 2. The fraction of sp³-hybridized carbons (Fsp3) is 0.857. The maximum Gasteiger partial charge on any atom is 0.316 e. The van der Waals surface area contributed by atoms with E-state index in [4.69, 9.17) is 0 Å². The van der Waals surface area contributed by atoms with Crippen LogP contribution >= 0.6 is 0 Å². The van der Waals surface area contributed by atoms with Crippen molar-refractivity contribution in [2.24, 2.45) is 0 Å². The lowest BCUT2D eigenvalue weighted by molar-refractivity contribution is 0.181. The standard InChI is InChI=1S/C7H15N3O/c1-2-3-4-10-5-8-7(11)9-6-10/h2-6H2,1H3,(H2,8,9,11). The predicted octanol–water partition coefficient (Wildman–Crippen LogP) is 0.316. The van der Waals surface area contributed by atoms with Gasteiger partial charge in [-0.15, -0.1) is 0 Å². The first kappa shape index (κ1) is 8.33. The molecule has 0 aromatic carbocycles. The molecule has 1 heterocycles. The van der Waals surface area contributed by atoms with Crippen LogP contribution in [0, 0.1) is 0 Å². The predicted molar refractivity (Wildman–Crippen MR) is 43.0 cm³/mol. The van der Waals surface area contributed by atoms with Crippen LogP contribution in [0.25, 0.3) is 0 Å². The summed E-state index contributed by atoms with van der Waals surface area (Å²) in [5.41, 5.74) is 0. The van der Waals surface area contributed by atoms with Crippen LogP contribution in [-0.2, 0) is 0 Å². The van der Waals surface area contributed by atoms with Crippen LogP contribution in [0.15, 0.2) is 0 Å². The van der Waals surface area contributed by atoms with Gasteiger partial charge in [-0.3, -0.25) is 4.90 Å². The van der Waals surface area contributed by atoms with Crippen LogP contribution in [0.4, 0.5) is 4.79 Å². The minimum absolute atomic E-state index is 0.0576. The van der Waals surface area contributed by atoms with E-state index in [9.17, 15) is 4.79 Å². The van der Waals surface area contributed by atoms with Gasteiger partial charge in [-0.2, -0.15) is 0 Å². The van der Waals surface area contributed by atoms with E-state index in [0.29, 0.717) is 13.3 Å². The van der Waals surface area contributed by atoms with E-state index >= 15 is 0 Å². The lowest BCUT2D eigenvalue weighted by Crippen LogP contribution is -2.54. The minimum Gasteiger partial charge on any atom is -0.325 e. The van der Waals surface area contributed by atoms with Gasteiger partial charge in [0, 0.05) is 6.54 Å². The Balaban J connectivity index is 2.12. The van der Waals surface area contributed by atoms with Crippen molar-refractivity contribution < 1.29 is 4.79 Å². The summed E-state index contributed by atoms with van der Waals surface area (Å²) in [6, 6.07) is -0.0576. The number of hydrogen-bond donors (Lipinski definition) is 2. The molecule has 11 heavy (non-hydrogen) atoms. The number of nitrogens with zero attached hydrogens (tertiary/aromatic N) is 1. The minimum atomic E-state index is -0.0576. The third-order valence-electron chi connectivity index (χ3n) is 1.75. The molecule has 0 aromatic rings. The highest BCUT2D eigenvalue weighted by molar-refractivity contribution is 5.74. The zero-order chi connectivity index (χ0) is 8.10. The molecule has 0 aromatic heterocycles. The largest absolute Gasteiger partial charge is 0.325 e. The molecule has 2 N–H and O–H groups in total. The normalized spacial score (nSPS) is 19.2. The highest BCUT2D eigenvalue weighted by Gasteiger charge is 2.11. The smallest absolute Gasteiger partial charge is 0.316 e. The van der Waals surface area contributed by atoms with E-state index in [2.05, 4.69) is 22.5 Å². The number of carbonyl (C=O) groups excluding carboxylic acids is 1. The van der Waals surface area contributed by atoms with Crippen molar-refractivity contribution in [1.29, 1.82) is 0 Å². The Morgan fingerprint density at radius 1 is 1.45 bits per heavy atom. The van der Waals surface area contributed by atoms with Crippen molar-refractivity contribution in [1.82, 2.24) is 15.5 Å². The summed E-state index contributed by atoms with van der Waals surface area (Å²) in [6.07, 6.45) is 2.39. The van der Waals surface area contributed by atoms with Crippen molar-refractivity contribution in [3.63, 3.8) is 0 Å². The molecule has 1 rings (SSSR count). The molecule has 0 unspecified atom stereocenters. The summed E-state index contributed by atoms with van der Waals surface area (Å²) in [5, 5.41) is 5.43. The van der Waals surface area contributed by atoms with E-state index in [1.54, 1.807) is 0 Å². The number of carbonyl (C=O) groups is 1. The van der Waals surface area contributed by atoms with E-state index in [1.165, 1.54) is 12.8 Å². The molecular weight excluding hydrogens is 142 g/mol. The molecule has 1 aliphatic rings. The number of unbranched alkanes of at least 4 members (excludes halogenated alkanes) is 1. The summed E-state index contributed by atoms with van der Waals surface area (Å²) in [4.78, 5) is 12.8. The van der Waals surface area contributed by atoms with Gasteiger partial charge in [0.25, 0.3) is 0 Å². The molecule has 0 aliphatic carbocycles. The van der Waals surface area contributed by atoms with Gasteiger partial charge in [0.15, 0.2) is 0 Å². The first-order chi connectivity index (χ1) is 5.33. The molecule has 2 amide bonds. The van der Waals surface area contributed by atoms with Crippen LogP contribution in [0.1, 0.15) is 19.8 Å². The van der Waals surface area contributed by atoms with Crippen molar-refractivity contribution in [3.8, 4) is 0 Å². The number of amides is 2. The zero-order valence-electron chi connectivity index (χ0n) is 6.89. The van der Waals surface area contributed by atoms with Gasteiger partial charge in [-0.05, 0) is 6.42 Å². The van der Waals surface area contributed by atoms with Crippen molar-refractivity contribution in [2.75, 3.05) is 19.9 Å². The maximum atomic E-state index is 10.6. The summed E-state index contributed by atoms with van der Waals surface area (Å²) in [5.74, 6) is 0. The fourth-order valence-corrected chi connectivity index (χ4v) is 1.03. The molecule has 0 atom stereocenters. The molecule has 1 saturated heterocycles. The maximum absolute atomic E-state index is 10.6. The molecule has 0 bridgehead atoms. The Hall–Kier alpha value is -0.770. The van der Waals surface area contributed by atoms with Gasteiger partial charge in [-0.1, -0.05) is 13.3 Å². The van der Waals surface area contributed by atoms with Crippen LogP contribution in [-0.4, -0.2) is 30.8 Å². The van der Waals surface area contributed by atoms with E-state index in [-0.39, 0.29) is 6.03 Å². The Kier molecular flexibility index (Phi) is 3.16. The third kappa shape index (κ3) is 2.76. The van der Waals surface area contributed by atoms with Gasteiger partial charge in [0.05, 0.1) is 13.3 Å². The first-order valence-electron chi connectivity index (χ1n) is 4.07. The Labute approximate surface area is 66.9 Å². The lowest BCUT2D eigenvalue weighted by atomic mass is 10.3. The molecule has 0 radical (unpaired) electrons. The molecule has 0 saturated carbocycles. The second-order valence-corrected chi connectivity index (χ2v) is 2.75. The Morgan fingerprint density at radius 2 is 2.09 bits per heavy atom. The average molecular weight is 157 g/mol. The summed E-state index contributed by atoms with van der Waals surface area (Å²) >= 11 is 0. The topological polar surface area (TPSA) is 44.4 Å². The summed E-state index contributed by atoms with van der Waals surface area (Å²) < 4.78 is 0. The highest BCUT2D eigenvalue weighted by atomic mass is 16.2. The molecule has 64 valence electrons. The van der Waals surface area contributed by atoms with E-state index < -0.39 is 0 Å².